The van der Waals surface area contributed by atoms with E-state index in [4.69, 9.17) is 4.74 Å². The summed E-state index contributed by atoms with van der Waals surface area (Å²) in [6.07, 6.45) is -3.26. The third kappa shape index (κ3) is 6.58. The summed E-state index contributed by atoms with van der Waals surface area (Å²) < 4.78 is 44.0. The molecule has 0 heterocycles. The Morgan fingerprint density at radius 1 is 0.939 bits per heavy atom. The maximum absolute atomic E-state index is 12.9. The Bertz CT molecular complexity index is 1040. The smallest absolute Gasteiger partial charge is 0.416 e. The number of nitrogens with one attached hydrogen (secondary N) is 2. The number of hydrogen-bond donors (Lipinski definition) is 2. The Balaban J connectivity index is 1.86. The van der Waals surface area contributed by atoms with Crippen molar-refractivity contribution < 1.29 is 22.7 Å². The molecule has 0 saturated heterocycles. The number of likely N-dealkylation sites (N-methyl/N-ethyl adjacent to an activating group) is 1. The van der Waals surface area contributed by atoms with Gasteiger partial charge < -0.3 is 10.1 Å². The third-order valence-electron chi connectivity index (χ3n) is 5.51. The van der Waals surface area contributed by atoms with Gasteiger partial charge in [0.15, 0.2) is 0 Å². The van der Waals surface area contributed by atoms with Crippen LogP contribution in [0.2, 0.25) is 0 Å². The molecule has 0 aliphatic carbocycles. The van der Waals surface area contributed by atoms with Crippen LogP contribution in [-0.2, 0) is 17.4 Å². The number of carbonyl (C=O) groups excluding carboxylic acids is 1. The standard InChI is InChI=1S/C26H27F3N2O2/c1-30-25(32)24(19-7-4-3-5-8-19)31-23(20-9-6-10-22(17-20)33-2)16-13-18-11-14-21(15-12-18)26(27,28)29/h3-12,14-15,17,23-24,31H,13,16H2,1-2H3,(H,30,32)/t23-,24-/m1/s1. The van der Waals surface area contributed by atoms with E-state index in [9.17, 15) is 18.0 Å². The van der Waals surface area contributed by atoms with Crippen LogP contribution in [0.5, 0.6) is 5.75 Å². The van der Waals surface area contributed by atoms with Crippen LogP contribution in [0.4, 0.5) is 13.2 Å². The van der Waals surface area contributed by atoms with Crippen molar-refractivity contribution in [2.45, 2.75) is 31.1 Å². The van der Waals surface area contributed by atoms with Gasteiger partial charge in [-0.3, -0.25) is 10.1 Å². The lowest BCUT2D eigenvalue weighted by atomic mass is 9.96. The second kappa shape index (κ2) is 11.0. The van der Waals surface area contributed by atoms with Crippen LogP contribution >= 0.6 is 0 Å². The van der Waals surface area contributed by atoms with Crippen LogP contribution in [0.25, 0.3) is 0 Å². The SMILES string of the molecule is CNC(=O)[C@H](N[C@H](CCc1ccc(C(F)(F)F)cc1)c1cccc(OC)c1)c1ccccc1. The monoisotopic (exact) mass is 456 g/mol. The average molecular weight is 457 g/mol. The second-order valence-electron chi connectivity index (χ2n) is 7.69. The Kier molecular flexibility index (Phi) is 8.11. The zero-order chi connectivity index (χ0) is 23.8. The summed E-state index contributed by atoms with van der Waals surface area (Å²) in [6, 6.07) is 21.3. The van der Waals surface area contributed by atoms with Crippen molar-refractivity contribution in [3.63, 3.8) is 0 Å². The average Bonchev–Trinajstić information content (AvgIpc) is 2.84. The highest BCUT2D eigenvalue weighted by Gasteiger charge is 2.30. The first kappa shape index (κ1) is 24.3. The second-order valence-corrected chi connectivity index (χ2v) is 7.69. The first-order valence-corrected chi connectivity index (χ1v) is 10.6. The van der Waals surface area contributed by atoms with Gasteiger partial charge >= 0.3 is 6.18 Å². The van der Waals surface area contributed by atoms with Crippen molar-refractivity contribution in [2.24, 2.45) is 0 Å². The summed E-state index contributed by atoms with van der Waals surface area (Å²) >= 11 is 0. The Labute approximate surface area is 191 Å². The maximum atomic E-state index is 12.9. The van der Waals surface area contributed by atoms with Crippen LogP contribution in [0.1, 0.15) is 40.8 Å². The third-order valence-corrected chi connectivity index (χ3v) is 5.51. The number of carbonyl (C=O) groups is 1. The van der Waals surface area contributed by atoms with E-state index in [0.717, 1.165) is 28.8 Å². The van der Waals surface area contributed by atoms with Crippen molar-refractivity contribution >= 4 is 5.91 Å². The van der Waals surface area contributed by atoms with Crippen molar-refractivity contribution in [3.8, 4) is 5.75 Å². The number of ether oxygens (including phenoxy) is 1. The fourth-order valence-corrected chi connectivity index (χ4v) is 3.69. The molecule has 0 aliphatic heterocycles. The van der Waals surface area contributed by atoms with E-state index in [2.05, 4.69) is 10.6 Å². The topological polar surface area (TPSA) is 50.4 Å². The number of halogens is 3. The highest BCUT2D eigenvalue weighted by Crippen LogP contribution is 2.30. The van der Waals surface area contributed by atoms with Gasteiger partial charge in [-0.05, 0) is 53.8 Å². The molecule has 3 aromatic carbocycles. The Hall–Kier alpha value is -3.32. The fraction of sp³-hybridized carbons (Fsp3) is 0.269. The minimum atomic E-state index is -4.36. The molecule has 174 valence electrons. The predicted octanol–water partition coefficient (Wildman–Crippen LogP) is 5.46. The molecule has 0 spiro atoms. The summed E-state index contributed by atoms with van der Waals surface area (Å²) in [5, 5.41) is 6.15. The molecule has 0 fully saturated rings. The van der Waals surface area contributed by atoms with E-state index in [1.54, 1.807) is 14.2 Å². The predicted molar refractivity (Wildman–Crippen MR) is 122 cm³/mol. The van der Waals surface area contributed by atoms with Gasteiger partial charge in [-0.25, -0.2) is 0 Å². The minimum Gasteiger partial charge on any atom is -0.497 e. The van der Waals surface area contributed by atoms with Crippen LogP contribution < -0.4 is 15.4 Å². The van der Waals surface area contributed by atoms with Gasteiger partial charge in [-0.15, -0.1) is 0 Å². The lowest BCUT2D eigenvalue weighted by molar-refractivity contribution is -0.137. The van der Waals surface area contributed by atoms with Crippen LogP contribution in [-0.4, -0.2) is 20.1 Å². The summed E-state index contributed by atoms with van der Waals surface area (Å²) in [6.45, 7) is 0. The van der Waals surface area contributed by atoms with Crippen molar-refractivity contribution in [3.05, 3.63) is 101 Å². The summed E-state index contributed by atoms with van der Waals surface area (Å²) in [7, 11) is 3.17. The maximum Gasteiger partial charge on any atom is 0.416 e. The molecule has 0 saturated carbocycles. The molecule has 3 rings (SSSR count). The minimum absolute atomic E-state index is 0.177. The van der Waals surface area contributed by atoms with Gasteiger partial charge in [0.25, 0.3) is 0 Å². The molecule has 33 heavy (non-hydrogen) atoms. The largest absolute Gasteiger partial charge is 0.497 e. The molecule has 2 atom stereocenters. The number of methoxy groups -OCH3 is 1. The first-order chi connectivity index (χ1) is 15.8. The summed E-state index contributed by atoms with van der Waals surface area (Å²) in [4.78, 5) is 12.7. The zero-order valence-electron chi connectivity index (χ0n) is 18.5. The molecule has 3 aromatic rings. The quantitative estimate of drug-likeness (QED) is 0.449. The van der Waals surface area contributed by atoms with Gasteiger partial charge in [0.05, 0.1) is 12.7 Å². The van der Waals surface area contributed by atoms with E-state index in [0.29, 0.717) is 18.6 Å². The van der Waals surface area contributed by atoms with Crippen molar-refractivity contribution in [1.29, 1.82) is 0 Å². The van der Waals surface area contributed by atoms with Gasteiger partial charge in [0.2, 0.25) is 5.91 Å². The van der Waals surface area contributed by atoms with Gasteiger partial charge in [0, 0.05) is 13.1 Å². The van der Waals surface area contributed by atoms with Gasteiger partial charge in [-0.1, -0.05) is 54.6 Å². The number of alkyl halides is 3. The molecular weight excluding hydrogens is 429 g/mol. The molecule has 4 nitrogen and oxygen atoms in total. The van der Waals surface area contributed by atoms with Crippen LogP contribution in [0.15, 0.2) is 78.9 Å². The molecule has 0 aromatic heterocycles. The van der Waals surface area contributed by atoms with E-state index in [1.165, 1.54) is 12.1 Å². The van der Waals surface area contributed by atoms with E-state index >= 15 is 0 Å². The highest BCUT2D eigenvalue weighted by molar-refractivity contribution is 5.83. The molecular formula is C26H27F3N2O2. The zero-order valence-corrected chi connectivity index (χ0v) is 18.5. The number of rotatable bonds is 9. The lowest BCUT2D eigenvalue weighted by Crippen LogP contribution is -2.38. The summed E-state index contributed by atoms with van der Waals surface area (Å²) in [5.41, 5.74) is 1.86. The molecule has 0 unspecified atom stereocenters. The molecule has 0 aliphatic rings. The summed E-state index contributed by atoms with van der Waals surface area (Å²) in [5.74, 6) is 0.508. The van der Waals surface area contributed by atoms with E-state index < -0.39 is 17.8 Å². The number of aryl methyl sites for hydroxylation is 1. The van der Waals surface area contributed by atoms with Crippen LogP contribution in [0, 0.1) is 0 Å². The molecule has 2 N–H and O–H groups in total. The molecule has 7 heteroatoms. The van der Waals surface area contributed by atoms with Gasteiger partial charge in [0.1, 0.15) is 11.8 Å². The fourth-order valence-electron chi connectivity index (χ4n) is 3.69. The van der Waals surface area contributed by atoms with E-state index in [-0.39, 0.29) is 11.9 Å². The first-order valence-electron chi connectivity index (χ1n) is 10.6. The Morgan fingerprint density at radius 3 is 2.21 bits per heavy atom. The molecule has 1 amide bonds. The number of benzene rings is 3. The van der Waals surface area contributed by atoms with Crippen LogP contribution in [0.3, 0.4) is 0 Å². The Morgan fingerprint density at radius 2 is 1.61 bits per heavy atom. The highest BCUT2D eigenvalue weighted by atomic mass is 19.4. The van der Waals surface area contributed by atoms with Crippen molar-refractivity contribution in [1.82, 2.24) is 10.6 Å². The van der Waals surface area contributed by atoms with Crippen molar-refractivity contribution in [2.75, 3.05) is 14.2 Å². The van der Waals surface area contributed by atoms with Gasteiger partial charge in [-0.2, -0.15) is 13.2 Å². The lowest BCUT2D eigenvalue weighted by Gasteiger charge is -2.26. The number of hydrogen-bond acceptors (Lipinski definition) is 3. The molecule has 0 radical (unpaired) electrons. The number of amides is 1. The van der Waals surface area contributed by atoms with E-state index in [1.807, 2.05) is 54.6 Å². The molecule has 0 bridgehead atoms. The normalized spacial score (nSPS) is 13.2.